The van der Waals surface area contributed by atoms with Gasteiger partial charge in [0.25, 0.3) is 0 Å². The van der Waals surface area contributed by atoms with Crippen LogP contribution in [0.5, 0.6) is 11.5 Å². The number of phenols is 1. The fourth-order valence-corrected chi connectivity index (χ4v) is 2.02. The molecule has 0 radical (unpaired) electrons. The van der Waals surface area contributed by atoms with Crippen LogP contribution < -0.4 is 10.1 Å². The number of carbonyl (C=O) groups excluding carboxylic acids is 1. The number of nitrogens with zero attached hydrogens (tertiary/aromatic N) is 1. The number of carboxylic acids is 1. The summed E-state index contributed by atoms with van der Waals surface area (Å²) in [6, 6.07) is 3.57. The molecule has 0 aliphatic rings. The number of methoxy groups -OCH3 is 1. The number of H-pyrrole nitrogens is 1. The van der Waals surface area contributed by atoms with Gasteiger partial charge >= 0.3 is 5.97 Å². The van der Waals surface area contributed by atoms with Gasteiger partial charge in [-0.2, -0.15) is 0 Å². The zero-order valence-electron chi connectivity index (χ0n) is 12.9. The lowest BCUT2D eigenvalue weighted by Crippen LogP contribution is -2.41. The fourth-order valence-electron chi connectivity index (χ4n) is 2.02. The van der Waals surface area contributed by atoms with Crippen molar-refractivity contribution in [2.75, 3.05) is 7.11 Å². The number of benzene rings is 1. The van der Waals surface area contributed by atoms with Gasteiger partial charge < -0.3 is 25.3 Å². The maximum atomic E-state index is 11.9. The predicted octanol–water partition coefficient (Wildman–Crippen LogP) is 0.949. The summed E-state index contributed by atoms with van der Waals surface area (Å²) >= 11 is 0. The van der Waals surface area contributed by atoms with E-state index in [4.69, 9.17) is 4.74 Å². The Hall–Kier alpha value is -3.29. The summed E-state index contributed by atoms with van der Waals surface area (Å²) in [7, 11) is 1.43. The number of hydrogen-bond acceptors (Lipinski definition) is 5. The molecule has 8 heteroatoms. The number of hydrogen-bond donors (Lipinski definition) is 4. The third-order valence-corrected chi connectivity index (χ3v) is 3.22. The van der Waals surface area contributed by atoms with E-state index >= 15 is 0 Å². The average Bonchev–Trinajstić information content (AvgIpc) is 3.05. The van der Waals surface area contributed by atoms with Gasteiger partial charge in [-0.1, -0.05) is 6.07 Å². The van der Waals surface area contributed by atoms with E-state index in [9.17, 15) is 19.8 Å². The molecule has 1 aromatic carbocycles. The SMILES string of the molecule is COc1ccc(/C=C/C(=O)N[C@@H](Cc2cnc[nH]2)C(=O)O)cc1O. The first-order chi connectivity index (χ1) is 11.5. The van der Waals surface area contributed by atoms with Crippen LogP contribution in [0, 0.1) is 0 Å². The molecule has 1 aromatic heterocycles. The predicted molar refractivity (Wildman–Crippen MR) is 85.6 cm³/mol. The third kappa shape index (κ3) is 4.60. The molecule has 0 saturated heterocycles. The average molecular weight is 331 g/mol. The van der Waals surface area contributed by atoms with Crippen LogP contribution in [0.2, 0.25) is 0 Å². The standard InChI is InChI=1S/C16H17N3O5/c1-24-14-4-2-10(6-13(14)20)3-5-15(21)19-12(16(22)23)7-11-8-17-9-18-11/h2-6,8-9,12,20H,7H2,1H3,(H,17,18)(H,19,21)(H,22,23)/b5-3+/t12-/m0/s1. The molecule has 24 heavy (non-hydrogen) atoms. The third-order valence-electron chi connectivity index (χ3n) is 3.22. The lowest BCUT2D eigenvalue weighted by atomic mass is 10.1. The number of aromatic hydroxyl groups is 1. The van der Waals surface area contributed by atoms with Gasteiger partial charge in [-0.05, 0) is 23.8 Å². The molecule has 0 fully saturated rings. The second kappa shape index (κ2) is 7.82. The highest BCUT2D eigenvalue weighted by molar-refractivity contribution is 5.94. The van der Waals surface area contributed by atoms with Gasteiger partial charge in [0.05, 0.1) is 13.4 Å². The maximum Gasteiger partial charge on any atom is 0.326 e. The highest BCUT2D eigenvalue weighted by Crippen LogP contribution is 2.26. The number of amides is 1. The Bertz CT molecular complexity index is 740. The van der Waals surface area contributed by atoms with Crippen LogP contribution in [0.3, 0.4) is 0 Å². The van der Waals surface area contributed by atoms with E-state index in [2.05, 4.69) is 15.3 Å². The van der Waals surface area contributed by atoms with Crippen LogP contribution in [0.25, 0.3) is 6.08 Å². The molecular formula is C16H17N3O5. The monoisotopic (exact) mass is 331 g/mol. The fraction of sp³-hybridized carbons (Fsp3) is 0.188. The van der Waals surface area contributed by atoms with E-state index < -0.39 is 17.9 Å². The van der Waals surface area contributed by atoms with Crippen LogP contribution in [-0.4, -0.2) is 45.2 Å². The summed E-state index contributed by atoms with van der Waals surface area (Å²) in [5.41, 5.74) is 1.18. The minimum atomic E-state index is -1.14. The molecule has 0 saturated carbocycles. The smallest absolute Gasteiger partial charge is 0.326 e. The lowest BCUT2D eigenvalue weighted by Gasteiger charge is -2.12. The first-order valence-electron chi connectivity index (χ1n) is 7.05. The van der Waals surface area contributed by atoms with Gasteiger partial charge in [-0.25, -0.2) is 9.78 Å². The van der Waals surface area contributed by atoms with Crippen LogP contribution in [0.4, 0.5) is 0 Å². The van der Waals surface area contributed by atoms with Crippen LogP contribution in [0.15, 0.2) is 36.8 Å². The number of phenolic OH excluding ortho intramolecular Hbond substituents is 1. The van der Waals surface area contributed by atoms with Gasteiger partial charge in [0, 0.05) is 24.4 Å². The van der Waals surface area contributed by atoms with Gasteiger partial charge in [0.15, 0.2) is 11.5 Å². The molecule has 0 spiro atoms. The van der Waals surface area contributed by atoms with Gasteiger partial charge in [0.2, 0.25) is 5.91 Å². The molecule has 1 atom stereocenters. The molecular weight excluding hydrogens is 314 g/mol. The Morgan fingerprint density at radius 1 is 1.46 bits per heavy atom. The van der Waals surface area contributed by atoms with E-state index in [1.165, 1.54) is 37.9 Å². The van der Waals surface area contributed by atoms with Gasteiger partial charge in [-0.3, -0.25) is 4.79 Å². The summed E-state index contributed by atoms with van der Waals surface area (Å²) in [4.78, 5) is 29.7. The zero-order valence-corrected chi connectivity index (χ0v) is 12.9. The van der Waals surface area contributed by atoms with Crippen LogP contribution >= 0.6 is 0 Å². The van der Waals surface area contributed by atoms with E-state index in [0.717, 1.165) is 0 Å². The number of carbonyl (C=O) groups is 2. The van der Waals surface area contributed by atoms with Crippen molar-refractivity contribution < 1.29 is 24.5 Å². The molecule has 2 rings (SSSR count). The summed E-state index contributed by atoms with van der Waals surface area (Å²) in [5, 5.41) is 21.3. The van der Waals surface area contributed by atoms with Crippen molar-refractivity contribution >= 4 is 18.0 Å². The van der Waals surface area contributed by atoms with Crippen molar-refractivity contribution in [3.05, 3.63) is 48.1 Å². The molecule has 4 N–H and O–H groups in total. The Kier molecular flexibility index (Phi) is 5.56. The number of aromatic amines is 1. The molecule has 0 aliphatic heterocycles. The second-order valence-corrected chi connectivity index (χ2v) is 4.95. The number of imidazole rings is 1. The van der Waals surface area contributed by atoms with Crippen molar-refractivity contribution in [2.45, 2.75) is 12.5 Å². The van der Waals surface area contributed by atoms with Crippen molar-refractivity contribution in [3.63, 3.8) is 0 Å². The topological polar surface area (TPSA) is 125 Å². The molecule has 126 valence electrons. The number of ether oxygens (including phenoxy) is 1. The Labute approximate surface area is 137 Å². The highest BCUT2D eigenvalue weighted by Gasteiger charge is 2.19. The molecule has 1 heterocycles. The number of rotatable bonds is 7. The van der Waals surface area contributed by atoms with Crippen molar-refractivity contribution in [1.82, 2.24) is 15.3 Å². The molecule has 0 bridgehead atoms. The minimum Gasteiger partial charge on any atom is -0.504 e. The van der Waals surface area contributed by atoms with Gasteiger partial charge in [-0.15, -0.1) is 0 Å². The first kappa shape index (κ1) is 17.1. The molecule has 2 aromatic rings. The van der Waals surface area contributed by atoms with E-state index in [0.29, 0.717) is 17.0 Å². The number of nitrogens with one attached hydrogen (secondary N) is 2. The van der Waals surface area contributed by atoms with E-state index in [-0.39, 0.29) is 12.2 Å². The highest BCUT2D eigenvalue weighted by atomic mass is 16.5. The lowest BCUT2D eigenvalue weighted by molar-refractivity contribution is -0.141. The first-order valence-corrected chi connectivity index (χ1v) is 7.05. The molecule has 8 nitrogen and oxygen atoms in total. The number of carboxylic acid groups (broad SMARTS) is 1. The quantitative estimate of drug-likeness (QED) is 0.560. The molecule has 1 amide bonds. The number of aliphatic carboxylic acids is 1. The summed E-state index contributed by atoms with van der Waals surface area (Å²) < 4.78 is 4.93. The minimum absolute atomic E-state index is 0.0530. The summed E-state index contributed by atoms with van der Waals surface area (Å²) in [5.74, 6) is -1.43. The second-order valence-electron chi connectivity index (χ2n) is 4.95. The Balaban J connectivity index is 1.99. The molecule has 0 unspecified atom stereocenters. The van der Waals surface area contributed by atoms with Crippen LogP contribution in [-0.2, 0) is 16.0 Å². The molecule has 0 aliphatic carbocycles. The van der Waals surface area contributed by atoms with Crippen molar-refractivity contribution in [2.24, 2.45) is 0 Å². The van der Waals surface area contributed by atoms with Gasteiger partial charge in [0.1, 0.15) is 6.04 Å². The Morgan fingerprint density at radius 2 is 2.25 bits per heavy atom. The van der Waals surface area contributed by atoms with Crippen LogP contribution in [0.1, 0.15) is 11.3 Å². The van der Waals surface area contributed by atoms with E-state index in [1.807, 2.05) is 0 Å². The maximum absolute atomic E-state index is 11.9. The normalized spacial score (nSPS) is 12.0. The van der Waals surface area contributed by atoms with Crippen molar-refractivity contribution in [1.29, 1.82) is 0 Å². The largest absolute Gasteiger partial charge is 0.504 e. The van der Waals surface area contributed by atoms with E-state index in [1.54, 1.807) is 12.1 Å². The Morgan fingerprint density at radius 3 is 2.83 bits per heavy atom. The van der Waals surface area contributed by atoms with Crippen molar-refractivity contribution in [3.8, 4) is 11.5 Å². The number of aromatic nitrogens is 2. The summed E-state index contributed by atoms with van der Waals surface area (Å²) in [6.07, 6.45) is 5.69. The zero-order chi connectivity index (χ0) is 17.5. The summed E-state index contributed by atoms with van der Waals surface area (Å²) in [6.45, 7) is 0.